The Hall–Kier alpha value is -3.34. The van der Waals surface area contributed by atoms with Crippen LogP contribution in [0.25, 0.3) is 10.8 Å². The smallest absolute Gasteiger partial charge is 0.260 e. The predicted octanol–water partition coefficient (Wildman–Crippen LogP) is 5.18. The van der Waals surface area contributed by atoms with Gasteiger partial charge in [-0.25, -0.2) is 0 Å². The molecule has 0 aromatic heterocycles. The number of nitrogens with zero attached hydrogens (tertiary/aromatic N) is 1. The third kappa shape index (κ3) is 3.75. The number of hydrogen-bond donors (Lipinski definition) is 1. The van der Waals surface area contributed by atoms with Crippen LogP contribution in [0.2, 0.25) is 0 Å². The minimum absolute atomic E-state index is 0.129. The molecule has 1 aliphatic heterocycles. The van der Waals surface area contributed by atoms with E-state index in [1.54, 1.807) is 0 Å². The summed E-state index contributed by atoms with van der Waals surface area (Å²) >= 11 is 0. The molecule has 30 heavy (non-hydrogen) atoms. The molecule has 3 aromatic carbocycles. The molecule has 4 rings (SSSR count). The second kappa shape index (κ2) is 8.57. The third-order valence-corrected chi connectivity index (χ3v) is 5.48. The Morgan fingerprint density at radius 1 is 1.07 bits per heavy atom. The van der Waals surface area contributed by atoms with Crippen LogP contribution in [0.1, 0.15) is 42.6 Å². The Kier molecular flexibility index (Phi) is 5.70. The second-order valence-electron chi connectivity index (χ2n) is 7.39. The largest absolute Gasteiger partial charge is 0.493 e. The van der Waals surface area contributed by atoms with Crippen LogP contribution < -0.4 is 15.0 Å². The molecule has 3 aromatic rings. The molecule has 0 spiro atoms. The molecular weight excluding hydrogens is 376 g/mol. The lowest BCUT2D eigenvalue weighted by Gasteiger charge is -2.29. The lowest BCUT2D eigenvalue weighted by molar-refractivity contribution is -0.118. The van der Waals surface area contributed by atoms with Crippen molar-refractivity contribution in [3.05, 3.63) is 65.7 Å². The van der Waals surface area contributed by atoms with Crippen molar-refractivity contribution in [2.45, 2.75) is 33.1 Å². The van der Waals surface area contributed by atoms with Gasteiger partial charge >= 0.3 is 0 Å². The quantitative estimate of drug-likeness (QED) is 0.640. The van der Waals surface area contributed by atoms with Gasteiger partial charge in [0.05, 0.1) is 12.2 Å². The standard InChI is InChI=1S/C25H26N2O3/c1-3-23(28)27-15-7-9-18-16-19(12-13-21(18)27)26-25(29)24-20-10-6-5-8-17(20)11-14-22(24)30-4-2/h5-6,8,10-14,16H,3-4,7,9,15H2,1-2H3,(H,26,29). The molecule has 0 saturated heterocycles. The average Bonchev–Trinajstić information content (AvgIpc) is 2.78. The Labute approximate surface area is 176 Å². The maximum atomic E-state index is 13.3. The first-order valence-electron chi connectivity index (χ1n) is 10.5. The summed E-state index contributed by atoms with van der Waals surface area (Å²) in [5, 5.41) is 4.89. The molecular formula is C25H26N2O3. The molecule has 5 heteroatoms. The summed E-state index contributed by atoms with van der Waals surface area (Å²) in [6.07, 6.45) is 2.30. The van der Waals surface area contributed by atoms with Crippen LogP contribution in [0.4, 0.5) is 11.4 Å². The van der Waals surface area contributed by atoms with Crippen molar-refractivity contribution in [2.75, 3.05) is 23.4 Å². The first-order valence-corrected chi connectivity index (χ1v) is 10.5. The van der Waals surface area contributed by atoms with E-state index in [-0.39, 0.29) is 11.8 Å². The number of amides is 2. The fourth-order valence-corrected chi connectivity index (χ4v) is 4.08. The number of benzene rings is 3. The Bertz CT molecular complexity index is 1110. The number of aryl methyl sites for hydroxylation is 1. The number of fused-ring (bicyclic) bond motifs is 2. The third-order valence-electron chi connectivity index (χ3n) is 5.48. The number of hydrogen-bond acceptors (Lipinski definition) is 3. The van der Waals surface area contributed by atoms with Gasteiger partial charge in [-0.2, -0.15) is 0 Å². The van der Waals surface area contributed by atoms with Gasteiger partial charge in [0.25, 0.3) is 5.91 Å². The predicted molar refractivity (Wildman–Crippen MR) is 120 cm³/mol. The molecule has 0 bridgehead atoms. The topological polar surface area (TPSA) is 58.6 Å². The van der Waals surface area contributed by atoms with Crippen molar-refractivity contribution < 1.29 is 14.3 Å². The molecule has 1 aliphatic rings. The van der Waals surface area contributed by atoms with Crippen LogP contribution >= 0.6 is 0 Å². The number of anilines is 2. The highest BCUT2D eigenvalue weighted by Gasteiger charge is 2.22. The van der Waals surface area contributed by atoms with E-state index in [9.17, 15) is 9.59 Å². The zero-order valence-electron chi connectivity index (χ0n) is 17.4. The van der Waals surface area contributed by atoms with E-state index in [1.165, 1.54) is 0 Å². The normalized spacial score (nSPS) is 13.1. The van der Waals surface area contributed by atoms with Gasteiger partial charge in [0.15, 0.2) is 0 Å². The second-order valence-corrected chi connectivity index (χ2v) is 7.39. The Balaban J connectivity index is 1.67. The maximum Gasteiger partial charge on any atom is 0.260 e. The summed E-state index contributed by atoms with van der Waals surface area (Å²) in [4.78, 5) is 27.3. The molecule has 2 amide bonds. The minimum Gasteiger partial charge on any atom is -0.493 e. The Morgan fingerprint density at radius 3 is 2.70 bits per heavy atom. The number of ether oxygens (including phenoxy) is 1. The van der Waals surface area contributed by atoms with Crippen LogP contribution in [0, 0.1) is 0 Å². The van der Waals surface area contributed by atoms with E-state index in [1.807, 2.05) is 73.3 Å². The minimum atomic E-state index is -0.201. The SMILES string of the molecule is CCOc1ccc2ccccc2c1C(=O)Nc1ccc2c(c1)CCCN2C(=O)CC. The number of carbonyl (C=O) groups is 2. The first-order chi connectivity index (χ1) is 14.6. The highest BCUT2D eigenvalue weighted by molar-refractivity contribution is 6.15. The summed E-state index contributed by atoms with van der Waals surface area (Å²) in [6, 6.07) is 17.4. The van der Waals surface area contributed by atoms with E-state index >= 15 is 0 Å². The number of carbonyl (C=O) groups excluding carboxylic acids is 2. The zero-order chi connectivity index (χ0) is 21.1. The summed E-state index contributed by atoms with van der Waals surface area (Å²) in [5.74, 6) is 0.503. The van der Waals surface area contributed by atoms with Crippen LogP contribution in [-0.2, 0) is 11.2 Å². The molecule has 0 radical (unpaired) electrons. The molecule has 0 saturated carbocycles. The van der Waals surface area contributed by atoms with E-state index in [2.05, 4.69) is 5.32 Å². The highest BCUT2D eigenvalue weighted by atomic mass is 16.5. The number of rotatable bonds is 5. The average molecular weight is 402 g/mol. The van der Waals surface area contributed by atoms with Gasteiger partial charge in [-0.15, -0.1) is 0 Å². The number of nitrogens with one attached hydrogen (secondary N) is 1. The van der Waals surface area contributed by atoms with Crippen molar-refractivity contribution in [3.63, 3.8) is 0 Å². The van der Waals surface area contributed by atoms with Gasteiger partial charge in [0.1, 0.15) is 5.75 Å². The molecule has 0 unspecified atom stereocenters. The van der Waals surface area contributed by atoms with Gasteiger partial charge in [0, 0.05) is 24.3 Å². The zero-order valence-corrected chi connectivity index (χ0v) is 17.4. The van der Waals surface area contributed by atoms with Crippen LogP contribution in [0.5, 0.6) is 5.75 Å². The van der Waals surface area contributed by atoms with Gasteiger partial charge in [0.2, 0.25) is 5.91 Å². The lowest BCUT2D eigenvalue weighted by atomic mass is 10.00. The molecule has 5 nitrogen and oxygen atoms in total. The molecule has 0 atom stereocenters. The highest BCUT2D eigenvalue weighted by Crippen LogP contribution is 2.32. The Morgan fingerprint density at radius 2 is 1.90 bits per heavy atom. The van der Waals surface area contributed by atoms with Crippen molar-refractivity contribution in [1.82, 2.24) is 0 Å². The van der Waals surface area contributed by atoms with E-state index in [0.717, 1.165) is 47.1 Å². The van der Waals surface area contributed by atoms with Crippen molar-refractivity contribution >= 4 is 34.0 Å². The molecule has 1 N–H and O–H groups in total. The first kappa shape index (κ1) is 20.0. The monoisotopic (exact) mass is 402 g/mol. The fraction of sp³-hybridized carbons (Fsp3) is 0.280. The lowest BCUT2D eigenvalue weighted by Crippen LogP contribution is -2.34. The molecule has 154 valence electrons. The molecule has 0 aliphatic carbocycles. The van der Waals surface area contributed by atoms with Crippen LogP contribution in [0.15, 0.2) is 54.6 Å². The van der Waals surface area contributed by atoms with Gasteiger partial charge < -0.3 is 15.0 Å². The van der Waals surface area contributed by atoms with Gasteiger partial charge in [-0.3, -0.25) is 9.59 Å². The van der Waals surface area contributed by atoms with Crippen LogP contribution in [-0.4, -0.2) is 25.0 Å². The van der Waals surface area contributed by atoms with Crippen LogP contribution in [0.3, 0.4) is 0 Å². The summed E-state index contributed by atoms with van der Waals surface area (Å²) < 4.78 is 5.74. The summed E-state index contributed by atoms with van der Waals surface area (Å²) in [7, 11) is 0. The maximum absolute atomic E-state index is 13.3. The van der Waals surface area contributed by atoms with Crippen molar-refractivity contribution in [1.29, 1.82) is 0 Å². The molecule has 1 heterocycles. The fourth-order valence-electron chi connectivity index (χ4n) is 4.08. The van der Waals surface area contributed by atoms with E-state index < -0.39 is 0 Å². The van der Waals surface area contributed by atoms with E-state index in [0.29, 0.717) is 24.3 Å². The summed E-state index contributed by atoms with van der Waals surface area (Å²) in [5.41, 5.74) is 3.30. The summed E-state index contributed by atoms with van der Waals surface area (Å²) in [6.45, 7) is 5.02. The van der Waals surface area contributed by atoms with Gasteiger partial charge in [-0.05, 0) is 60.4 Å². The van der Waals surface area contributed by atoms with Gasteiger partial charge in [-0.1, -0.05) is 37.3 Å². The van der Waals surface area contributed by atoms with Crippen molar-refractivity contribution in [3.8, 4) is 5.75 Å². The van der Waals surface area contributed by atoms with E-state index in [4.69, 9.17) is 4.74 Å². The van der Waals surface area contributed by atoms with Crippen molar-refractivity contribution in [2.24, 2.45) is 0 Å². The molecule has 0 fully saturated rings.